The lowest BCUT2D eigenvalue weighted by molar-refractivity contribution is -0.150. The van der Waals surface area contributed by atoms with E-state index in [1.807, 2.05) is 28.0 Å². The average molecular weight is 344 g/mol. The number of piperidine rings is 1. The van der Waals surface area contributed by atoms with Crippen molar-refractivity contribution < 1.29 is 14.3 Å². The highest BCUT2D eigenvalue weighted by Gasteiger charge is 2.35. The summed E-state index contributed by atoms with van der Waals surface area (Å²) in [5, 5.41) is 0. The molecule has 25 heavy (non-hydrogen) atoms. The van der Waals surface area contributed by atoms with Gasteiger partial charge >= 0.3 is 0 Å². The van der Waals surface area contributed by atoms with Crippen LogP contribution in [0, 0.1) is 0 Å². The van der Waals surface area contributed by atoms with Crippen molar-refractivity contribution >= 4 is 11.8 Å². The molecule has 1 aromatic carbocycles. The van der Waals surface area contributed by atoms with Crippen molar-refractivity contribution in [1.82, 2.24) is 9.80 Å². The van der Waals surface area contributed by atoms with Gasteiger partial charge in [-0.3, -0.25) is 9.59 Å². The summed E-state index contributed by atoms with van der Waals surface area (Å²) in [6, 6.07) is 9.82. The number of hydrogen-bond acceptors (Lipinski definition) is 3. The molecular formula is C20H28N2O3. The standard InChI is InChI=1S/C20H28N2O3/c1-16(17-7-3-2-4-8-17)15-19(23)22-10-6-5-9-18(22)20(24)21-11-13-25-14-12-21/h2-4,7-8,16,18H,5-6,9-15H2,1H3. The molecule has 0 spiro atoms. The van der Waals surface area contributed by atoms with Gasteiger partial charge in [0.2, 0.25) is 11.8 Å². The molecule has 1 aromatic rings. The molecule has 0 aromatic heterocycles. The van der Waals surface area contributed by atoms with Gasteiger partial charge in [-0.2, -0.15) is 0 Å². The monoisotopic (exact) mass is 344 g/mol. The van der Waals surface area contributed by atoms with Gasteiger partial charge in [0.05, 0.1) is 13.2 Å². The third-order valence-corrected chi connectivity index (χ3v) is 5.28. The fraction of sp³-hybridized carbons (Fsp3) is 0.600. The molecule has 5 nitrogen and oxygen atoms in total. The lowest BCUT2D eigenvalue weighted by atomic mass is 9.95. The van der Waals surface area contributed by atoms with Crippen LogP contribution in [0.15, 0.2) is 30.3 Å². The van der Waals surface area contributed by atoms with Gasteiger partial charge in [-0.25, -0.2) is 0 Å². The smallest absolute Gasteiger partial charge is 0.245 e. The van der Waals surface area contributed by atoms with E-state index < -0.39 is 0 Å². The maximum Gasteiger partial charge on any atom is 0.245 e. The first-order valence-electron chi connectivity index (χ1n) is 9.38. The highest BCUT2D eigenvalue weighted by Crippen LogP contribution is 2.25. The molecular weight excluding hydrogens is 316 g/mol. The minimum Gasteiger partial charge on any atom is -0.378 e. The Morgan fingerprint density at radius 1 is 1.12 bits per heavy atom. The van der Waals surface area contributed by atoms with Crippen molar-refractivity contribution in [3.8, 4) is 0 Å². The number of morpholine rings is 1. The quantitative estimate of drug-likeness (QED) is 0.843. The van der Waals surface area contributed by atoms with Gasteiger partial charge in [0.1, 0.15) is 6.04 Å². The molecule has 136 valence electrons. The second-order valence-corrected chi connectivity index (χ2v) is 7.05. The van der Waals surface area contributed by atoms with Crippen LogP contribution in [-0.4, -0.2) is 60.5 Å². The minimum absolute atomic E-state index is 0.0997. The second-order valence-electron chi connectivity index (χ2n) is 7.05. The molecule has 0 bridgehead atoms. The van der Waals surface area contributed by atoms with Gasteiger partial charge < -0.3 is 14.5 Å². The van der Waals surface area contributed by atoms with Crippen LogP contribution in [0.2, 0.25) is 0 Å². The summed E-state index contributed by atoms with van der Waals surface area (Å²) in [7, 11) is 0. The molecule has 2 heterocycles. The van der Waals surface area contributed by atoms with E-state index in [0.717, 1.165) is 19.3 Å². The molecule has 2 saturated heterocycles. The van der Waals surface area contributed by atoms with Crippen molar-refractivity contribution in [2.24, 2.45) is 0 Å². The van der Waals surface area contributed by atoms with Gasteiger partial charge in [-0.05, 0) is 30.7 Å². The number of likely N-dealkylation sites (tertiary alicyclic amines) is 1. The van der Waals surface area contributed by atoms with Crippen molar-refractivity contribution in [3.05, 3.63) is 35.9 Å². The van der Waals surface area contributed by atoms with E-state index in [1.165, 1.54) is 5.56 Å². The maximum atomic E-state index is 12.9. The minimum atomic E-state index is -0.290. The lowest BCUT2D eigenvalue weighted by Gasteiger charge is -2.39. The van der Waals surface area contributed by atoms with Crippen LogP contribution in [0.3, 0.4) is 0 Å². The van der Waals surface area contributed by atoms with Crippen LogP contribution in [0.25, 0.3) is 0 Å². The number of benzene rings is 1. The number of carbonyl (C=O) groups is 2. The first-order chi connectivity index (χ1) is 12.2. The van der Waals surface area contributed by atoms with Gasteiger partial charge in [0.15, 0.2) is 0 Å². The van der Waals surface area contributed by atoms with Crippen molar-refractivity contribution in [2.45, 2.75) is 44.6 Å². The first kappa shape index (κ1) is 17.9. The van der Waals surface area contributed by atoms with E-state index in [1.54, 1.807) is 0 Å². The number of ether oxygens (including phenoxy) is 1. The van der Waals surface area contributed by atoms with E-state index in [9.17, 15) is 9.59 Å². The molecule has 0 N–H and O–H groups in total. The van der Waals surface area contributed by atoms with Gasteiger partial charge in [0.25, 0.3) is 0 Å². The zero-order valence-electron chi connectivity index (χ0n) is 15.0. The Hall–Kier alpha value is -1.88. The van der Waals surface area contributed by atoms with Crippen LogP contribution in [-0.2, 0) is 14.3 Å². The molecule has 2 aliphatic rings. The summed E-state index contributed by atoms with van der Waals surface area (Å²) in [5.74, 6) is 0.362. The number of carbonyl (C=O) groups excluding carboxylic acids is 2. The summed E-state index contributed by atoms with van der Waals surface area (Å²) in [6.07, 6.45) is 3.23. The number of rotatable bonds is 4. The highest BCUT2D eigenvalue weighted by atomic mass is 16.5. The molecule has 2 atom stereocenters. The van der Waals surface area contributed by atoms with E-state index in [4.69, 9.17) is 4.74 Å². The normalized spacial score (nSPS) is 22.5. The summed E-state index contributed by atoms with van der Waals surface area (Å²) >= 11 is 0. The summed E-state index contributed by atoms with van der Waals surface area (Å²) in [5.41, 5.74) is 1.17. The third-order valence-electron chi connectivity index (χ3n) is 5.28. The largest absolute Gasteiger partial charge is 0.378 e. The van der Waals surface area contributed by atoms with Crippen molar-refractivity contribution in [2.75, 3.05) is 32.8 Å². The molecule has 2 aliphatic heterocycles. The van der Waals surface area contributed by atoms with Gasteiger partial charge in [0, 0.05) is 26.1 Å². The molecule has 2 amide bonds. The molecule has 5 heteroatoms. The molecule has 0 radical (unpaired) electrons. The van der Waals surface area contributed by atoms with Crippen molar-refractivity contribution in [1.29, 1.82) is 0 Å². The van der Waals surface area contributed by atoms with Crippen LogP contribution < -0.4 is 0 Å². The number of hydrogen-bond donors (Lipinski definition) is 0. The Morgan fingerprint density at radius 3 is 2.56 bits per heavy atom. The first-order valence-corrected chi connectivity index (χ1v) is 9.38. The highest BCUT2D eigenvalue weighted by molar-refractivity contribution is 5.88. The summed E-state index contributed by atoms with van der Waals surface area (Å²) in [4.78, 5) is 29.5. The fourth-order valence-electron chi connectivity index (χ4n) is 3.76. The zero-order valence-corrected chi connectivity index (χ0v) is 15.0. The van der Waals surface area contributed by atoms with E-state index >= 15 is 0 Å². The predicted octanol–water partition coefficient (Wildman–Crippen LogP) is 2.42. The fourth-order valence-corrected chi connectivity index (χ4v) is 3.76. The van der Waals surface area contributed by atoms with Crippen LogP contribution in [0.4, 0.5) is 0 Å². The zero-order chi connectivity index (χ0) is 17.6. The Bertz CT molecular complexity index is 584. The summed E-state index contributed by atoms with van der Waals surface area (Å²) in [6.45, 7) is 5.24. The van der Waals surface area contributed by atoms with Crippen LogP contribution in [0.5, 0.6) is 0 Å². The number of nitrogens with zero attached hydrogens (tertiary/aromatic N) is 2. The maximum absolute atomic E-state index is 12.9. The Morgan fingerprint density at radius 2 is 1.84 bits per heavy atom. The lowest BCUT2D eigenvalue weighted by Crippen LogP contribution is -2.55. The van der Waals surface area contributed by atoms with Gasteiger partial charge in [-0.15, -0.1) is 0 Å². The van der Waals surface area contributed by atoms with E-state index in [0.29, 0.717) is 39.3 Å². The van der Waals surface area contributed by atoms with E-state index in [2.05, 4.69) is 19.1 Å². The molecule has 3 rings (SSSR count). The molecule has 2 fully saturated rings. The molecule has 0 saturated carbocycles. The van der Waals surface area contributed by atoms with Crippen molar-refractivity contribution in [3.63, 3.8) is 0 Å². The topological polar surface area (TPSA) is 49.9 Å². The molecule has 0 aliphatic carbocycles. The van der Waals surface area contributed by atoms with Gasteiger partial charge in [-0.1, -0.05) is 37.3 Å². The van der Waals surface area contributed by atoms with Crippen LogP contribution >= 0.6 is 0 Å². The summed E-state index contributed by atoms with van der Waals surface area (Å²) < 4.78 is 5.34. The number of amides is 2. The Kier molecular flexibility index (Phi) is 6.08. The predicted molar refractivity (Wildman–Crippen MR) is 96.2 cm³/mol. The average Bonchev–Trinajstić information content (AvgIpc) is 2.68. The third kappa shape index (κ3) is 4.40. The molecule has 2 unspecified atom stereocenters. The Balaban J connectivity index is 1.65. The SMILES string of the molecule is CC(CC(=O)N1CCCCC1C(=O)N1CCOCC1)c1ccccc1. The Labute approximate surface area is 149 Å². The second kappa shape index (κ2) is 8.48. The van der Waals surface area contributed by atoms with E-state index in [-0.39, 0.29) is 23.8 Å². The van der Waals surface area contributed by atoms with Crippen LogP contribution in [0.1, 0.15) is 44.1 Å².